The lowest BCUT2D eigenvalue weighted by Crippen LogP contribution is -2.13. The number of sulfonamides is 1. The number of hydrogen-bond acceptors (Lipinski definition) is 6. The maximum atomic E-state index is 11.0. The molecule has 0 fully saturated rings. The first-order valence-corrected chi connectivity index (χ1v) is 6.12. The molecule has 94 valence electrons. The van der Waals surface area contributed by atoms with E-state index in [1.807, 2.05) is 0 Å². The summed E-state index contributed by atoms with van der Waals surface area (Å²) in [6.45, 7) is 0. The van der Waals surface area contributed by atoms with Gasteiger partial charge >= 0.3 is 0 Å². The van der Waals surface area contributed by atoms with E-state index in [1.54, 1.807) is 0 Å². The highest BCUT2D eigenvalue weighted by molar-refractivity contribution is 7.89. The summed E-state index contributed by atoms with van der Waals surface area (Å²) in [7, 11) is -3.98. The minimum absolute atomic E-state index is 0.0164. The summed E-state index contributed by atoms with van der Waals surface area (Å²) >= 11 is 0. The molecule has 0 aliphatic heterocycles. The molecule has 3 N–H and O–H groups in total. The molecule has 0 radical (unpaired) electrons. The third kappa shape index (κ3) is 2.33. The highest BCUT2D eigenvalue weighted by atomic mass is 32.2. The molecule has 0 unspecified atom stereocenters. The summed E-state index contributed by atoms with van der Waals surface area (Å²) in [5, 5.41) is 20.7. The van der Waals surface area contributed by atoms with Crippen LogP contribution in [-0.4, -0.2) is 28.5 Å². The van der Waals surface area contributed by atoms with Crippen molar-refractivity contribution < 1.29 is 13.3 Å². The Balaban J connectivity index is 2.46. The van der Waals surface area contributed by atoms with E-state index >= 15 is 0 Å². The van der Waals surface area contributed by atoms with Crippen molar-refractivity contribution >= 4 is 15.7 Å². The molecule has 0 saturated carbocycles. The topological polar surface area (TPSA) is 145 Å². The number of aromatic nitrogens is 3. The zero-order chi connectivity index (χ0) is 13.3. The summed E-state index contributed by atoms with van der Waals surface area (Å²) in [5.74, 6) is 0.0164. The first kappa shape index (κ1) is 12.1. The molecular formula is C8H7N5O4S. The van der Waals surface area contributed by atoms with E-state index in [9.17, 15) is 18.5 Å². The standard InChI is InChI=1S/C8H7N5O4S/c9-18(16,17)8-10-7(11-12-8)5-2-1-3-6(4-5)13(14)15/h1-4H,(H2,9,16,17)(H,10,11,12). The molecular weight excluding hydrogens is 262 g/mol. The molecule has 9 nitrogen and oxygen atoms in total. The molecule has 0 aliphatic rings. The maximum absolute atomic E-state index is 11.0. The van der Waals surface area contributed by atoms with Crippen LogP contribution in [0.5, 0.6) is 0 Å². The molecule has 0 aliphatic carbocycles. The monoisotopic (exact) mass is 269 g/mol. The molecule has 0 saturated heterocycles. The van der Waals surface area contributed by atoms with Gasteiger partial charge in [-0.3, -0.25) is 10.1 Å². The number of nitrogens with zero attached hydrogens (tertiary/aromatic N) is 3. The predicted molar refractivity (Wildman–Crippen MR) is 59.8 cm³/mol. The molecule has 0 amide bonds. The smallest absolute Gasteiger partial charge is 0.258 e. The van der Waals surface area contributed by atoms with Crippen LogP contribution in [0.3, 0.4) is 0 Å². The van der Waals surface area contributed by atoms with Crippen molar-refractivity contribution in [3.05, 3.63) is 34.4 Å². The van der Waals surface area contributed by atoms with E-state index < -0.39 is 20.1 Å². The van der Waals surface area contributed by atoms with Gasteiger partial charge in [0.05, 0.1) is 4.92 Å². The second kappa shape index (κ2) is 4.16. The zero-order valence-corrected chi connectivity index (χ0v) is 9.59. The molecule has 1 heterocycles. The highest BCUT2D eigenvalue weighted by Gasteiger charge is 2.16. The number of primary sulfonamides is 1. The largest absolute Gasteiger partial charge is 0.273 e. The van der Waals surface area contributed by atoms with Gasteiger partial charge in [-0.05, 0) is 0 Å². The molecule has 18 heavy (non-hydrogen) atoms. The molecule has 1 aromatic carbocycles. The maximum Gasteiger partial charge on any atom is 0.273 e. The van der Waals surface area contributed by atoms with Gasteiger partial charge in [-0.2, -0.15) is 10.1 Å². The Morgan fingerprint density at radius 3 is 2.67 bits per heavy atom. The fourth-order valence-corrected chi connectivity index (χ4v) is 1.65. The van der Waals surface area contributed by atoms with Gasteiger partial charge in [-0.25, -0.2) is 18.7 Å². The first-order valence-electron chi connectivity index (χ1n) is 4.58. The van der Waals surface area contributed by atoms with E-state index in [2.05, 4.69) is 15.2 Å². The Hall–Kier alpha value is -2.33. The van der Waals surface area contributed by atoms with E-state index in [1.165, 1.54) is 24.3 Å². The average Bonchev–Trinajstić information content (AvgIpc) is 2.78. The number of H-pyrrole nitrogens is 1. The lowest BCUT2D eigenvalue weighted by atomic mass is 10.2. The first-order chi connectivity index (χ1) is 8.38. The van der Waals surface area contributed by atoms with Gasteiger partial charge in [-0.15, -0.1) is 0 Å². The van der Waals surface area contributed by atoms with Crippen LogP contribution >= 0.6 is 0 Å². The van der Waals surface area contributed by atoms with Crippen molar-refractivity contribution in [3.8, 4) is 11.4 Å². The third-order valence-corrected chi connectivity index (χ3v) is 2.77. The third-order valence-electron chi connectivity index (χ3n) is 2.05. The van der Waals surface area contributed by atoms with Crippen LogP contribution in [0.2, 0.25) is 0 Å². The Bertz CT molecular complexity index is 708. The molecule has 2 aromatic rings. The molecule has 0 atom stereocenters. The summed E-state index contributed by atoms with van der Waals surface area (Å²) in [5.41, 5.74) is 0.171. The number of non-ortho nitro benzene ring substituents is 1. The number of rotatable bonds is 3. The molecule has 0 bridgehead atoms. The highest BCUT2D eigenvalue weighted by Crippen LogP contribution is 2.21. The second-order valence-electron chi connectivity index (χ2n) is 3.32. The predicted octanol–water partition coefficient (Wildman–Crippen LogP) is 0.0273. The Kier molecular flexibility index (Phi) is 2.80. The number of benzene rings is 1. The van der Waals surface area contributed by atoms with Crippen LogP contribution in [0.1, 0.15) is 0 Å². The van der Waals surface area contributed by atoms with Crippen molar-refractivity contribution in [2.75, 3.05) is 0 Å². The van der Waals surface area contributed by atoms with Crippen molar-refractivity contribution in [2.24, 2.45) is 5.14 Å². The number of nitro benzene ring substituents is 1. The van der Waals surface area contributed by atoms with Gasteiger partial charge in [0.1, 0.15) is 0 Å². The van der Waals surface area contributed by atoms with Crippen LogP contribution in [0.25, 0.3) is 11.4 Å². The summed E-state index contributed by atoms with van der Waals surface area (Å²) in [6.07, 6.45) is 0. The molecule has 2 rings (SSSR count). The van der Waals surface area contributed by atoms with Crippen molar-refractivity contribution in [1.82, 2.24) is 15.2 Å². The minimum Gasteiger partial charge on any atom is -0.258 e. The van der Waals surface area contributed by atoms with Gasteiger partial charge in [0.25, 0.3) is 20.9 Å². The number of nitro groups is 1. The minimum atomic E-state index is -3.98. The fraction of sp³-hybridized carbons (Fsp3) is 0. The van der Waals surface area contributed by atoms with E-state index in [4.69, 9.17) is 5.14 Å². The fourth-order valence-electron chi connectivity index (χ4n) is 1.26. The number of hydrogen-bond donors (Lipinski definition) is 2. The SMILES string of the molecule is NS(=O)(=O)c1nc(-c2cccc([N+](=O)[O-])c2)n[nH]1. The number of aromatic amines is 1. The van der Waals surface area contributed by atoms with Gasteiger partial charge in [-0.1, -0.05) is 12.1 Å². The quantitative estimate of drug-likeness (QED) is 0.593. The lowest BCUT2D eigenvalue weighted by Gasteiger charge is -1.94. The average molecular weight is 269 g/mol. The second-order valence-corrected chi connectivity index (χ2v) is 4.79. The summed E-state index contributed by atoms with van der Waals surface area (Å²) < 4.78 is 22.0. The Morgan fingerprint density at radius 2 is 2.11 bits per heavy atom. The molecule has 1 aromatic heterocycles. The molecule has 10 heteroatoms. The van der Waals surface area contributed by atoms with Gasteiger partial charge in [0.15, 0.2) is 5.82 Å². The number of nitrogens with one attached hydrogen (secondary N) is 1. The Labute approximate surface area is 101 Å². The zero-order valence-electron chi connectivity index (χ0n) is 8.77. The van der Waals surface area contributed by atoms with Gasteiger partial charge < -0.3 is 0 Å². The van der Waals surface area contributed by atoms with E-state index in [-0.39, 0.29) is 11.5 Å². The van der Waals surface area contributed by atoms with Crippen LogP contribution in [0.4, 0.5) is 5.69 Å². The number of nitrogens with two attached hydrogens (primary N) is 1. The van der Waals surface area contributed by atoms with E-state index in [0.29, 0.717) is 5.56 Å². The van der Waals surface area contributed by atoms with Crippen LogP contribution in [-0.2, 0) is 10.0 Å². The molecule has 0 spiro atoms. The summed E-state index contributed by atoms with van der Waals surface area (Å²) in [6, 6.07) is 5.50. The van der Waals surface area contributed by atoms with Crippen LogP contribution in [0, 0.1) is 10.1 Å². The van der Waals surface area contributed by atoms with Crippen LogP contribution < -0.4 is 5.14 Å². The normalized spacial score (nSPS) is 11.4. The lowest BCUT2D eigenvalue weighted by molar-refractivity contribution is -0.384. The van der Waals surface area contributed by atoms with Crippen LogP contribution in [0.15, 0.2) is 29.4 Å². The van der Waals surface area contributed by atoms with Crippen molar-refractivity contribution in [2.45, 2.75) is 5.16 Å². The van der Waals surface area contributed by atoms with Gasteiger partial charge in [0.2, 0.25) is 0 Å². The summed E-state index contributed by atoms with van der Waals surface area (Å²) in [4.78, 5) is 13.7. The Morgan fingerprint density at radius 1 is 1.39 bits per heavy atom. The van der Waals surface area contributed by atoms with Gasteiger partial charge in [0, 0.05) is 17.7 Å². The van der Waals surface area contributed by atoms with Crippen molar-refractivity contribution in [1.29, 1.82) is 0 Å². The van der Waals surface area contributed by atoms with Crippen molar-refractivity contribution in [3.63, 3.8) is 0 Å². The van der Waals surface area contributed by atoms with E-state index in [0.717, 1.165) is 0 Å².